The fourth-order valence-electron chi connectivity index (χ4n) is 0.346. The van der Waals surface area contributed by atoms with Crippen LogP contribution in [0.25, 0.3) is 0 Å². The SMILES string of the molecule is C1=CCOC=C1.O=C(O)O.O=C(O)O. The van der Waals surface area contributed by atoms with Crippen LogP contribution in [0.3, 0.4) is 0 Å². The summed E-state index contributed by atoms with van der Waals surface area (Å²) in [6, 6.07) is 0. The highest BCUT2D eigenvalue weighted by atomic mass is 16.6. The van der Waals surface area contributed by atoms with E-state index < -0.39 is 12.3 Å². The minimum Gasteiger partial charge on any atom is -0.497 e. The Balaban J connectivity index is 0. The summed E-state index contributed by atoms with van der Waals surface area (Å²) in [5.41, 5.74) is 0. The lowest BCUT2D eigenvalue weighted by atomic mass is 10.5. The number of hydrogen-bond acceptors (Lipinski definition) is 3. The predicted molar refractivity (Wildman–Crippen MR) is 45.5 cm³/mol. The van der Waals surface area contributed by atoms with Crippen molar-refractivity contribution in [3.8, 4) is 0 Å². The van der Waals surface area contributed by atoms with Crippen LogP contribution in [0.4, 0.5) is 9.59 Å². The Kier molecular flexibility index (Phi) is 11.1. The van der Waals surface area contributed by atoms with Crippen LogP contribution in [0.2, 0.25) is 0 Å². The van der Waals surface area contributed by atoms with E-state index in [1.165, 1.54) is 0 Å². The molecule has 1 heterocycles. The zero-order valence-electron chi connectivity index (χ0n) is 7.03. The van der Waals surface area contributed by atoms with Crippen molar-refractivity contribution >= 4 is 12.3 Å². The van der Waals surface area contributed by atoms with Crippen LogP contribution in [-0.4, -0.2) is 39.3 Å². The first kappa shape index (κ1) is 14.3. The number of carboxylic acid groups (broad SMARTS) is 4. The fraction of sp³-hybridized carbons (Fsp3) is 0.143. The molecule has 0 aromatic heterocycles. The van der Waals surface area contributed by atoms with Gasteiger partial charge in [-0.1, -0.05) is 6.08 Å². The molecule has 7 heteroatoms. The Morgan fingerprint density at radius 3 is 1.50 bits per heavy atom. The molecule has 80 valence electrons. The van der Waals surface area contributed by atoms with E-state index in [-0.39, 0.29) is 0 Å². The van der Waals surface area contributed by atoms with Crippen LogP contribution in [0.1, 0.15) is 0 Å². The second-order valence-corrected chi connectivity index (χ2v) is 1.66. The molecule has 1 aliphatic rings. The van der Waals surface area contributed by atoms with Gasteiger partial charge < -0.3 is 25.2 Å². The molecule has 14 heavy (non-hydrogen) atoms. The summed E-state index contributed by atoms with van der Waals surface area (Å²) in [4.78, 5) is 17.1. The van der Waals surface area contributed by atoms with E-state index in [0.29, 0.717) is 0 Å². The van der Waals surface area contributed by atoms with Crippen molar-refractivity contribution < 1.29 is 34.8 Å². The number of carbonyl (C=O) groups is 2. The molecule has 0 saturated carbocycles. The summed E-state index contributed by atoms with van der Waals surface area (Å²) in [5, 5.41) is 27.9. The maximum Gasteiger partial charge on any atom is 0.503 e. The van der Waals surface area contributed by atoms with E-state index in [1.54, 1.807) is 6.26 Å². The zero-order chi connectivity index (χ0) is 11.4. The maximum atomic E-state index is 8.56. The largest absolute Gasteiger partial charge is 0.503 e. The van der Waals surface area contributed by atoms with Crippen LogP contribution in [0.15, 0.2) is 24.5 Å². The maximum absolute atomic E-state index is 8.56. The Hall–Kier alpha value is -2.18. The van der Waals surface area contributed by atoms with Gasteiger partial charge >= 0.3 is 12.3 Å². The van der Waals surface area contributed by atoms with Gasteiger partial charge in [0.2, 0.25) is 0 Å². The molecule has 4 N–H and O–H groups in total. The van der Waals surface area contributed by atoms with E-state index in [1.807, 2.05) is 18.2 Å². The van der Waals surface area contributed by atoms with E-state index >= 15 is 0 Å². The van der Waals surface area contributed by atoms with E-state index in [9.17, 15) is 0 Å². The smallest absolute Gasteiger partial charge is 0.497 e. The monoisotopic (exact) mass is 206 g/mol. The molecule has 0 atom stereocenters. The second-order valence-electron chi connectivity index (χ2n) is 1.66. The lowest BCUT2D eigenvalue weighted by Gasteiger charge is -1.94. The van der Waals surface area contributed by atoms with Crippen molar-refractivity contribution in [3.05, 3.63) is 24.5 Å². The number of ether oxygens (including phenoxy) is 1. The van der Waals surface area contributed by atoms with Gasteiger partial charge in [0.25, 0.3) is 0 Å². The third kappa shape index (κ3) is 52.4. The molecule has 7 nitrogen and oxygen atoms in total. The normalized spacial score (nSPS) is 10.9. The van der Waals surface area contributed by atoms with Crippen LogP contribution in [0, 0.1) is 0 Å². The van der Waals surface area contributed by atoms with Crippen molar-refractivity contribution in [2.75, 3.05) is 6.61 Å². The molecule has 0 fully saturated rings. The van der Waals surface area contributed by atoms with Gasteiger partial charge in [0, 0.05) is 0 Å². The van der Waals surface area contributed by atoms with E-state index in [2.05, 4.69) is 0 Å². The average molecular weight is 206 g/mol. The molecule has 0 spiro atoms. The van der Waals surface area contributed by atoms with Crippen LogP contribution in [0.5, 0.6) is 0 Å². The van der Waals surface area contributed by atoms with Crippen LogP contribution in [-0.2, 0) is 4.74 Å². The highest BCUT2D eigenvalue weighted by Crippen LogP contribution is 1.87. The molecule has 0 aromatic rings. The van der Waals surface area contributed by atoms with Gasteiger partial charge in [-0.15, -0.1) is 0 Å². The third-order valence-electron chi connectivity index (χ3n) is 0.614. The topological polar surface area (TPSA) is 124 Å². The van der Waals surface area contributed by atoms with E-state index in [0.717, 1.165) is 6.61 Å². The molecule has 0 unspecified atom stereocenters. The molecular weight excluding hydrogens is 196 g/mol. The van der Waals surface area contributed by atoms with Crippen molar-refractivity contribution in [1.82, 2.24) is 0 Å². The summed E-state index contributed by atoms with van der Waals surface area (Å²) < 4.78 is 4.80. The molecule has 0 aromatic carbocycles. The summed E-state index contributed by atoms with van der Waals surface area (Å²) in [5.74, 6) is 0. The Labute approximate surface area is 79.2 Å². The van der Waals surface area contributed by atoms with Gasteiger partial charge in [-0.05, 0) is 12.2 Å². The molecule has 0 aliphatic carbocycles. The fourth-order valence-corrected chi connectivity index (χ4v) is 0.346. The third-order valence-corrected chi connectivity index (χ3v) is 0.614. The minimum absolute atomic E-state index is 0.733. The van der Waals surface area contributed by atoms with Gasteiger partial charge in [-0.3, -0.25) is 0 Å². The number of allylic oxidation sites excluding steroid dienone is 2. The molecule has 1 aliphatic heterocycles. The van der Waals surface area contributed by atoms with Crippen molar-refractivity contribution in [2.24, 2.45) is 0 Å². The van der Waals surface area contributed by atoms with E-state index in [4.69, 9.17) is 34.8 Å². The standard InChI is InChI=1S/C5H6O.2CH2O3/c1-2-4-6-5-3-1;2*2-1(3)4/h1-4H,5H2;2*(H2,2,3,4). The molecule has 0 bridgehead atoms. The Morgan fingerprint density at radius 1 is 1.00 bits per heavy atom. The van der Waals surface area contributed by atoms with Crippen LogP contribution < -0.4 is 0 Å². The van der Waals surface area contributed by atoms with Gasteiger partial charge in [-0.25, -0.2) is 9.59 Å². The van der Waals surface area contributed by atoms with Crippen molar-refractivity contribution in [1.29, 1.82) is 0 Å². The summed E-state index contributed by atoms with van der Waals surface area (Å²) in [7, 11) is 0. The molecular formula is C7H10O7. The zero-order valence-corrected chi connectivity index (χ0v) is 7.03. The van der Waals surface area contributed by atoms with Gasteiger partial charge in [0.1, 0.15) is 6.61 Å². The quantitative estimate of drug-likeness (QED) is 0.473. The first-order chi connectivity index (χ1) is 6.46. The van der Waals surface area contributed by atoms with Crippen LogP contribution >= 0.6 is 0 Å². The number of hydrogen-bond donors (Lipinski definition) is 4. The average Bonchev–Trinajstić information content (AvgIpc) is 2.05. The Bertz CT molecular complexity index is 186. The molecule has 0 radical (unpaired) electrons. The Morgan fingerprint density at radius 2 is 1.43 bits per heavy atom. The van der Waals surface area contributed by atoms with Gasteiger partial charge in [-0.2, -0.15) is 0 Å². The van der Waals surface area contributed by atoms with Gasteiger partial charge in [0.15, 0.2) is 0 Å². The predicted octanol–water partition coefficient (Wildman–Crippen LogP) is 1.53. The highest BCUT2D eigenvalue weighted by Gasteiger charge is 1.75. The number of rotatable bonds is 0. The summed E-state index contributed by atoms with van der Waals surface area (Å²) in [6.45, 7) is 0.733. The summed E-state index contributed by atoms with van der Waals surface area (Å²) >= 11 is 0. The lowest BCUT2D eigenvalue weighted by molar-refractivity contribution is 0.135. The van der Waals surface area contributed by atoms with Gasteiger partial charge in [0.05, 0.1) is 6.26 Å². The summed E-state index contributed by atoms with van der Waals surface area (Å²) in [6.07, 6.45) is 3.80. The first-order valence-corrected chi connectivity index (χ1v) is 3.24. The lowest BCUT2D eigenvalue weighted by Crippen LogP contribution is -1.82. The molecule has 1 rings (SSSR count). The first-order valence-electron chi connectivity index (χ1n) is 3.24. The second kappa shape index (κ2) is 10.8. The molecule has 0 saturated heterocycles. The van der Waals surface area contributed by atoms with Crippen molar-refractivity contribution in [3.63, 3.8) is 0 Å². The minimum atomic E-state index is -1.83. The van der Waals surface area contributed by atoms with Crippen molar-refractivity contribution in [2.45, 2.75) is 0 Å². The molecule has 0 amide bonds. The highest BCUT2D eigenvalue weighted by molar-refractivity contribution is 5.53.